The number of nitrogens with zero attached hydrogens (tertiary/aromatic N) is 2. The van der Waals surface area contributed by atoms with Crippen LogP contribution in [0.25, 0.3) is 6.08 Å². The molecule has 3 heterocycles. The maximum absolute atomic E-state index is 12.5. The summed E-state index contributed by atoms with van der Waals surface area (Å²) in [6.45, 7) is 1.58. The highest BCUT2D eigenvalue weighted by Gasteiger charge is 2.31. The van der Waals surface area contributed by atoms with E-state index < -0.39 is 0 Å². The molecule has 2 unspecified atom stereocenters. The largest absolute Gasteiger partial charge is 0.472 e. The predicted molar refractivity (Wildman–Crippen MR) is 124 cm³/mol. The number of anilines is 1. The molecule has 1 N–H and O–H groups in total. The van der Waals surface area contributed by atoms with Gasteiger partial charge in [0.15, 0.2) is 0 Å². The van der Waals surface area contributed by atoms with Crippen molar-refractivity contribution in [1.82, 2.24) is 4.90 Å². The Morgan fingerprint density at radius 2 is 2.27 bits per heavy atom. The Kier molecular flexibility index (Phi) is 7.47. The molecule has 0 bridgehead atoms. The summed E-state index contributed by atoms with van der Waals surface area (Å²) in [6.07, 6.45) is 10.1. The molecule has 0 saturated carbocycles. The van der Waals surface area contributed by atoms with Crippen LogP contribution in [0.1, 0.15) is 40.8 Å². The summed E-state index contributed by atoms with van der Waals surface area (Å²) in [5.41, 5.74) is 2.32. The third-order valence-electron chi connectivity index (χ3n) is 6.10. The molecule has 8 nitrogen and oxygen atoms in total. The van der Waals surface area contributed by atoms with Gasteiger partial charge < -0.3 is 24.1 Å². The first-order valence-corrected chi connectivity index (χ1v) is 11.9. The van der Waals surface area contributed by atoms with E-state index in [2.05, 4.69) is 11.4 Å². The van der Waals surface area contributed by atoms with Crippen molar-refractivity contribution < 1.29 is 23.5 Å². The number of ether oxygens (including phenoxy) is 2. The number of methoxy groups -OCH3 is 1. The first kappa shape index (κ1) is 23.1. The van der Waals surface area contributed by atoms with E-state index in [0.29, 0.717) is 30.3 Å². The molecule has 2 aromatic rings. The van der Waals surface area contributed by atoms with E-state index in [4.69, 9.17) is 13.9 Å². The second-order valence-electron chi connectivity index (χ2n) is 8.33. The first-order valence-electron chi connectivity index (χ1n) is 11.1. The van der Waals surface area contributed by atoms with Gasteiger partial charge in [0.05, 0.1) is 37.3 Å². The molecule has 2 aromatic heterocycles. The molecule has 0 spiro atoms. The summed E-state index contributed by atoms with van der Waals surface area (Å²) in [7, 11) is 1.64. The van der Waals surface area contributed by atoms with Crippen LogP contribution >= 0.6 is 11.3 Å². The van der Waals surface area contributed by atoms with Crippen LogP contribution in [0.15, 0.2) is 29.1 Å². The van der Waals surface area contributed by atoms with Crippen LogP contribution in [0.4, 0.5) is 9.80 Å². The van der Waals surface area contributed by atoms with Gasteiger partial charge in [-0.05, 0) is 55.7 Å². The van der Waals surface area contributed by atoms with Gasteiger partial charge in [0, 0.05) is 30.2 Å². The number of amides is 2. The third-order valence-corrected chi connectivity index (χ3v) is 7.27. The number of hydrogen-bond acceptors (Lipinski definition) is 7. The molecule has 4 rings (SSSR count). The number of nitriles is 1. The van der Waals surface area contributed by atoms with E-state index in [1.807, 2.05) is 0 Å². The smallest absolute Gasteiger partial charge is 0.410 e. The molecule has 1 fully saturated rings. The summed E-state index contributed by atoms with van der Waals surface area (Å²) in [4.78, 5) is 27.7. The van der Waals surface area contributed by atoms with Gasteiger partial charge in [0.2, 0.25) is 5.91 Å². The molecule has 2 aliphatic rings. The van der Waals surface area contributed by atoms with Crippen molar-refractivity contribution in [2.75, 3.05) is 32.2 Å². The number of rotatable bonds is 7. The van der Waals surface area contributed by atoms with E-state index in [9.17, 15) is 14.9 Å². The van der Waals surface area contributed by atoms with Crippen molar-refractivity contribution in [3.8, 4) is 6.07 Å². The maximum atomic E-state index is 12.5. The van der Waals surface area contributed by atoms with Gasteiger partial charge in [-0.3, -0.25) is 4.79 Å². The molecule has 174 valence electrons. The number of nitrogens with one attached hydrogen (secondary N) is 1. The normalized spacial score (nSPS) is 19.9. The maximum Gasteiger partial charge on any atom is 0.410 e. The number of likely N-dealkylation sites (tertiary alicyclic amines) is 1. The molecule has 1 saturated heterocycles. The zero-order chi connectivity index (χ0) is 23.2. The predicted octanol–water partition coefficient (Wildman–Crippen LogP) is 4.22. The molecule has 0 aromatic carbocycles. The van der Waals surface area contributed by atoms with Crippen LogP contribution in [0.2, 0.25) is 0 Å². The Bertz CT molecular complexity index is 1050. The van der Waals surface area contributed by atoms with Crippen molar-refractivity contribution in [3.05, 3.63) is 46.2 Å². The second-order valence-corrected chi connectivity index (χ2v) is 9.43. The zero-order valence-corrected chi connectivity index (χ0v) is 19.4. The van der Waals surface area contributed by atoms with Gasteiger partial charge in [0.25, 0.3) is 0 Å². The van der Waals surface area contributed by atoms with Gasteiger partial charge >= 0.3 is 6.09 Å². The zero-order valence-electron chi connectivity index (χ0n) is 18.5. The molecule has 2 atom stereocenters. The van der Waals surface area contributed by atoms with Crippen LogP contribution in [-0.2, 0) is 27.1 Å². The van der Waals surface area contributed by atoms with Gasteiger partial charge in [-0.15, -0.1) is 11.3 Å². The number of hydrogen-bond donors (Lipinski definition) is 1. The molecular formula is C24H27N3O5S. The van der Waals surface area contributed by atoms with Gasteiger partial charge in [-0.1, -0.05) is 0 Å². The molecular weight excluding hydrogens is 442 g/mol. The van der Waals surface area contributed by atoms with Crippen LogP contribution < -0.4 is 5.32 Å². The second kappa shape index (κ2) is 10.7. The highest BCUT2D eigenvalue weighted by molar-refractivity contribution is 7.16. The standard InChI is InChI=1S/C24H27N3O5S/c1-30-15-18-3-2-9-27(18)24(29)32-14-17-4-6-19-20(12-25)23(33-21(19)11-17)26-22(28)7-5-16-8-10-31-13-16/h5,7-8,10,13,17-18H,2-4,6,9,11,14-15H2,1H3,(H,26,28). The van der Waals surface area contributed by atoms with E-state index >= 15 is 0 Å². The number of furan rings is 1. The lowest BCUT2D eigenvalue weighted by molar-refractivity contribution is -0.111. The van der Waals surface area contributed by atoms with Gasteiger partial charge in [0.1, 0.15) is 11.1 Å². The Morgan fingerprint density at radius 3 is 3.03 bits per heavy atom. The Morgan fingerprint density at radius 1 is 1.39 bits per heavy atom. The summed E-state index contributed by atoms with van der Waals surface area (Å²) in [6, 6.07) is 4.09. The summed E-state index contributed by atoms with van der Waals surface area (Å²) in [5.74, 6) is -0.104. The van der Waals surface area contributed by atoms with E-state index in [0.717, 1.165) is 48.1 Å². The van der Waals surface area contributed by atoms with E-state index in [-0.39, 0.29) is 24.0 Å². The SMILES string of the molecule is COCC1CCCN1C(=O)OCC1CCc2c(sc(NC(=O)C=Cc3ccoc3)c2C#N)C1. The Balaban J connectivity index is 1.35. The molecule has 9 heteroatoms. The molecule has 1 aliphatic heterocycles. The summed E-state index contributed by atoms with van der Waals surface area (Å²) in [5, 5.41) is 13.1. The van der Waals surface area contributed by atoms with Crippen molar-refractivity contribution in [2.45, 2.75) is 38.1 Å². The fourth-order valence-electron chi connectivity index (χ4n) is 4.41. The average molecular weight is 470 g/mol. The average Bonchev–Trinajstić information content (AvgIpc) is 3.56. The molecule has 1 aliphatic carbocycles. The summed E-state index contributed by atoms with van der Waals surface area (Å²) < 4.78 is 15.8. The highest BCUT2D eigenvalue weighted by atomic mass is 32.1. The first-order chi connectivity index (χ1) is 16.1. The van der Waals surface area contributed by atoms with Crippen LogP contribution in [0.5, 0.6) is 0 Å². The Hall–Kier alpha value is -3.09. The lowest BCUT2D eigenvalue weighted by atomic mass is 9.88. The van der Waals surface area contributed by atoms with Crippen molar-refractivity contribution in [2.24, 2.45) is 5.92 Å². The minimum atomic E-state index is -0.298. The van der Waals surface area contributed by atoms with Crippen molar-refractivity contribution >= 4 is 34.4 Å². The fraction of sp³-hybridized carbons (Fsp3) is 0.458. The number of thiophene rings is 1. The molecule has 2 amide bonds. The van der Waals surface area contributed by atoms with Crippen LogP contribution in [0, 0.1) is 17.2 Å². The number of carbonyl (C=O) groups is 2. The monoisotopic (exact) mass is 469 g/mol. The van der Waals surface area contributed by atoms with Crippen LogP contribution in [-0.4, -0.2) is 49.8 Å². The number of fused-ring (bicyclic) bond motifs is 1. The topological polar surface area (TPSA) is 105 Å². The Labute approximate surface area is 196 Å². The highest BCUT2D eigenvalue weighted by Crippen LogP contribution is 2.39. The van der Waals surface area contributed by atoms with Gasteiger partial charge in [-0.25, -0.2) is 4.79 Å². The van der Waals surface area contributed by atoms with Crippen molar-refractivity contribution in [1.29, 1.82) is 5.26 Å². The molecule has 33 heavy (non-hydrogen) atoms. The third kappa shape index (κ3) is 5.46. The quantitative estimate of drug-likeness (QED) is 0.609. The fourth-order valence-corrected chi connectivity index (χ4v) is 5.73. The lowest BCUT2D eigenvalue weighted by Crippen LogP contribution is -2.39. The summed E-state index contributed by atoms with van der Waals surface area (Å²) >= 11 is 1.43. The molecule has 0 radical (unpaired) electrons. The number of carbonyl (C=O) groups excluding carboxylic acids is 2. The minimum Gasteiger partial charge on any atom is -0.472 e. The van der Waals surface area contributed by atoms with E-state index in [1.54, 1.807) is 30.4 Å². The van der Waals surface area contributed by atoms with E-state index in [1.165, 1.54) is 23.7 Å². The van der Waals surface area contributed by atoms with Crippen LogP contribution in [0.3, 0.4) is 0 Å². The van der Waals surface area contributed by atoms with Gasteiger partial charge in [-0.2, -0.15) is 5.26 Å². The van der Waals surface area contributed by atoms with Crippen molar-refractivity contribution in [3.63, 3.8) is 0 Å². The minimum absolute atomic E-state index is 0.0877. The lowest BCUT2D eigenvalue weighted by Gasteiger charge is -2.26.